The lowest BCUT2D eigenvalue weighted by molar-refractivity contribution is -0.117. The van der Waals surface area contributed by atoms with Gasteiger partial charge in [-0.2, -0.15) is 0 Å². The van der Waals surface area contributed by atoms with Crippen molar-refractivity contribution in [1.82, 2.24) is 4.90 Å². The van der Waals surface area contributed by atoms with Gasteiger partial charge in [0.2, 0.25) is 15.9 Å². The van der Waals surface area contributed by atoms with Crippen molar-refractivity contribution in [2.24, 2.45) is 5.14 Å². The fraction of sp³-hybridized carbons (Fsp3) is 0.261. The van der Waals surface area contributed by atoms with Crippen molar-refractivity contribution in [3.8, 4) is 0 Å². The van der Waals surface area contributed by atoms with Crippen LogP contribution in [0.3, 0.4) is 0 Å². The molecule has 0 saturated carbocycles. The molecule has 1 aromatic heterocycles. The molecule has 6 nitrogen and oxygen atoms in total. The van der Waals surface area contributed by atoms with Gasteiger partial charge in [-0.3, -0.25) is 9.69 Å². The molecule has 2 heterocycles. The van der Waals surface area contributed by atoms with Gasteiger partial charge >= 0.3 is 0 Å². The van der Waals surface area contributed by atoms with Crippen LogP contribution in [-0.4, -0.2) is 32.3 Å². The highest BCUT2D eigenvalue weighted by atomic mass is 32.2. The molecule has 1 unspecified atom stereocenters. The first-order valence-electron chi connectivity index (χ1n) is 10.0. The number of carbonyl (C=O) groups excluding carboxylic acids is 1. The summed E-state index contributed by atoms with van der Waals surface area (Å²) in [7, 11) is -3.86. The number of carbonyl (C=O) groups is 1. The molecule has 4 rings (SSSR count). The molecule has 2 aromatic carbocycles. The zero-order valence-corrected chi connectivity index (χ0v) is 19.1. The SMILES string of the molecule is Cc1cc(S(N)(=O)=O)cc(NC(=O)CN2CCc3sccc3C2c2ccccc2)c1C. The fourth-order valence-electron chi connectivity index (χ4n) is 4.06. The van der Waals surface area contributed by atoms with Crippen LogP contribution < -0.4 is 10.5 Å². The standard InChI is InChI=1S/C23H25N3O3S2/c1-15-12-18(31(24,28)29)13-20(16(15)2)25-22(27)14-26-10-8-21-19(9-11-30-21)23(26)17-6-4-3-5-7-17/h3-7,9,11-13,23H,8,10,14H2,1-2H3,(H,25,27)(H2,24,28,29). The molecule has 0 spiro atoms. The van der Waals surface area contributed by atoms with E-state index in [0.717, 1.165) is 29.7 Å². The lowest BCUT2D eigenvalue weighted by atomic mass is 9.93. The largest absolute Gasteiger partial charge is 0.325 e. The van der Waals surface area contributed by atoms with E-state index in [2.05, 4.69) is 33.8 Å². The van der Waals surface area contributed by atoms with E-state index >= 15 is 0 Å². The first-order chi connectivity index (χ1) is 14.7. The van der Waals surface area contributed by atoms with E-state index in [4.69, 9.17) is 5.14 Å². The van der Waals surface area contributed by atoms with Crippen molar-refractivity contribution in [1.29, 1.82) is 0 Å². The quantitative estimate of drug-likeness (QED) is 0.615. The van der Waals surface area contributed by atoms with E-state index in [1.165, 1.54) is 22.6 Å². The first-order valence-corrected chi connectivity index (χ1v) is 12.5. The maximum Gasteiger partial charge on any atom is 0.238 e. The molecule has 8 heteroatoms. The Kier molecular flexibility index (Phi) is 5.98. The Balaban J connectivity index is 1.59. The van der Waals surface area contributed by atoms with Crippen LogP contribution in [0, 0.1) is 13.8 Å². The predicted molar refractivity (Wildman–Crippen MR) is 124 cm³/mol. The van der Waals surface area contributed by atoms with Gasteiger partial charge in [-0.15, -0.1) is 11.3 Å². The zero-order valence-electron chi connectivity index (χ0n) is 17.5. The van der Waals surface area contributed by atoms with Crippen molar-refractivity contribution < 1.29 is 13.2 Å². The minimum atomic E-state index is -3.86. The number of nitrogens with one attached hydrogen (secondary N) is 1. The molecule has 0 radical (unpaired) electrons. The second-order valence-electron chi connectivity index (χ2n) is 7.84. The number of rotatable bonds is 5. The van der Waals surface area contributed by atoms with Gasteiger partial charge in [0, 0.05) is 17.1 Å². The Morgan fingerprint density at radius 1 is 1.19 bits per heavy atom. The molecule has 3 N–H and O–H groups in total. The molecule has 0 bridgehead atoms. The van der Waals surface area contributed by atoms with Gasteiger partial charge < -0.3 is 5.32 Å². The summed E-state index contributed by atoms with van der Waals surface area (Å²) < 4.78 is 23.6. The van der Waals surface area contributed by atoms with Crippen LogP contribution in [0.2, 0.25) is 0 Å². The van der Waals surface area contributed by atoms with Crippen molar-refractivity contribution in [2.45, 2.75) is 31.2 Å². The van der Waals surface area contributed by atoms with E-state index < -0.39 is 10.0 Å². The fourth-order valence-corrected chi connectivity index (χ4v) is 5.59. The molecule has 1 aliphatic rings. The Bertz CT molecular complexity index is 1220. The van der Waals surface area contributed by atoms with Crippen LogP contribution >= 0.6 is 11.3 Å². The molecule has 162 valence electrons. The number of primary sulfonamides is 1. The first kappa shape index (κ1) is 21.7. The Labute approximate surface area is 186 Å². The summed E-state index contributed by atoms with van der Waals surface area (Å²) in [6, 6.07) is 15.3. The van der Waals surface area contributed by atoms with Gasteiger partial charge in [0.25, 0.3) is 0 Å². The summed E-state index contributed by atoms with van der Waals surface area (Å²) in [6.07, 6.45) is 0.905. The van der Waals surface area contributed by atoms with Crippen molar-refractivity contribution in [3.05, 3.63) is 81.0 Å². The van der Waals surface area contributed by atoms with Crippen LogP contribution in [0.5, 0.6) is 0 Å². The number of benzene rings is 2. The molecular formula is C23H25N3O3S2. The highest BCUT2D eigenvalue weighted by molar-refractivity contribution is 7.89. The van der Waals surface area contributed by atoms with Crippen LogP contribution in [0.1, 0.15) is 33.2 Å². The number of thiophene rings is 1. The summed E-state index contributed by atoms with van der Waals surface area (Å²) in [5.74, 6) is -0.186. The summed E-state index contributed by atoms with van der Waals surface area (Å²) in [4.78, 5) is 16.5. The van der Waals surface area contributed by atoms with Crippen LogP contribution in [0.25, 0.3) is 0 Å². The molecule has 1 atom stereocenters. The van der Waals surface area contributed by atoms with Crippen LogP contribution in [0.15, 0.2) is 58.8 Å². The smallest absolute Gasteiger partial charge is 0.238 e. The highest BCUT2D eigenvalue weighted by Gasteiger charge is 2.30. The van der Waals surface area contributed by atoms with E-state index in [1.807, 2.05) is 25.1 Å². The van der Waals surface area contributed by atoms with Gasteiger partial charge in [0.05, 0.1) is 17.5 Å². The normalized spacial score (nSPS) is 16.7. The molecule has 0 saturated heterocycles. The minimum Gasteiger partial charge on any atom is -0.325 e. The number of nitrogens with zero attached hydrogens (tertiary/aromatic N) is 1. The second kappa shape index (κ2) is 8.55. The summed E-state index contributed by atoms with van der Waals surface area (Å²) in [5.41, 5.74) is 4.44. The van der Waals surface area contributed by atoms with Gasteiger partial charge in [-0.25, -0.2) is 13.6 Å². The third-order valence-electron chi connectivity index (χ3n) is 5.77. The van der Waals surface area contributed by atoms with Gasteiger partial charge in [-0.1, -0.05) is 30.3 Å². The number of hydrogen-bond donors (Lipinski definition) is 2. The molecule has 0 aliphatic carbocycles. The third kappa shape index (κ3) is 4.57. The number of nitrogens with two attached hydrogens (primary N) is 1. The molecule has 1 amide bonds. The van der Waals surface area contributed by atoms with Gasteiger partial charge in [0.1, 0.15) is 0 Å². The average molecular weight is 456 g/mol. The maximum atomic E-state index is 13.0. The summed E-state index contributed by atoms with van der Waals surface area (Å²) in [5, 5.41) is 10.3. The van der Waals surface area contributed by atoms with E-state index in [0.29, 0.717) is 5.69 Å². The predicted octanol–water partition coefficient (Wildman–Crippen LogP) is 3.60. The van der Waals surface area contributed by atoms with Crippen LogP contribution in [-0.2, 0) is 21.2 Å². The highest BCUT2D eigenvalue weighted by Crippen LogP contribution is 2.37. The Hall–Kier alpha value is -2.52. The number of hydrogen-bond acceptors (Lipinski definition) is 5. The number of amides is 1. The molecule has 31 heavy (non-hydrogen) atoms. The number of aryl methyl sites for hydroxylation is 1. The molecular weight excluding hydrogens is 430 g/mol. The van der Waals surface area contributed by atoms with Crippen molar-refractivity contribution >= 4 is 33.0 Å². The Morgan fingerprint density at radius 3 is 2.65 bits per heavy atom. The topological polar surface area (TPSA) is 92.5 Å². The van der Waals surface area contributed by atoms with Gasteiger partial charge in [-0.05, 0) is 66.1 Å². The van der Waals surface area contributed by atoms with Crippen LogP contribution in [0.4, 0.5) is 5.69 Å². The lowest BCUT2D eigenvalue weighted by Gasteiger charge is -2.35. The van der Waals surface area contributed by atoms with E-state index in [-0.39, 0.29) is 23.4 Å². The zero-order chi connectivity index (χ0) is 22.2. The van der Waals surface area contributed by atoms with Crippen molar-refractivity contribution in [3.63, 3.8) is 0 Å². The van der Waals surface area contributed by atoms with Gasteiger partial charge in [0.15, 0.2) is 0 Å². The molecule has 1 aliphatic heterocycles. The van der Waals surface area contributed by atoms with E-state index in [1.54, 1.807) is 18.3 Å². The third-order valence-corrected chi connectivity index (χ3v) is 7.66. The average Bonchev–Trinajstić information content (AvgIpc) is 3.19. The number of anilines is 1. The van der Waals surface area contributed by atoms with E-state index in [9.17, 15) is 13.2 Å². The van der Waals surface area contributed by atoms with Crippen molar-refractivity contribution in [2.75, 3.05) is 18.4 Å². The lowest BCUT2D eigenvalue weighted by Crippen LogP contribution is -2.40. The second-order valence-corrected chi connectivity index (χ2v) is 10.4. The number of fused-ring (bicyclic) bond motifs is 1. The molecule has 3 aromatic rings. The maximum absolute atomic E-state index is 13.0. The summed E-state index contributed by atoms with van der Waals surface area (Å²) in [6.45, 7) is 4.62. The number of sulfonamides is 1. The monoisotopic (exact) mass is 455 g/mol. The molecule has 0 fully saturated rings. The minimum absolute atomic E-state index is 0.00560. The summed E-state index contributed by atoms with van der Waals surface area (Å²) >= 11 is 1.76. The Morgan fingerprint density at radius 2 is 1.94 bits per heavy atom.